The van der Waals surface area contributed by atoms with Crippen molar-refractivity contribution in [3.05, 3.63) is 83.6 Å². The van der Waals surface area contributed by atoms with Gasteiger partial charge in [-0.25, -0.2) is 9.67 Å². The lowest BCUT2D eigenvalue weighted by molar-refractivity contribution is 0.102. The summed E-state index contributed by atoms with van der Waals surface area (Å²) < 4.78 is 3.72. The maximum absolute atomic E-state index is 13.3. The number of thiophene rings is 1. The zero-order chi connectivity index (χ0) is 22.1. The highest BCUT2D eigenvalue weighted by molar-refractivity contribution is 7.13. The Morgan fingerprint density at radius 2 is 1.97 bits per heavy atom. The van der Waals surface area contributed by atoms with Crippen molar-refractivity contribution in [3.8, 4) is 10.6 Å². The zero-order valence-electron chi connectivity index (χ0n) is 17.8. The van der Waals surface area contributed by atoms with Crippen molar-refractivity contribution in [2.75, 3.05) is 5.32 Å². The lowest BCUT2D eigenvalue weighted by atomic mass is 10.1. The molecule has 7 nitrogen and oxygen atoms in total. The molecule has 160 valence electrons. The first-order chi connectivity index (χ1) is 15.6. The van der Waals surface area contributed by atoms with Gasteiger partial charge in [0, 0.05) is 24.1 Å². The van der Waals surface area contributed by atoms with Crippen LogP contribution in [0.1, 0.15) is 35.8 Å². The van der Waals surface area contributed by atoms with E-state index in [0.717, 1.165) is 27.2 Å². The molecule has 4 heterocycles. The third-order valence-electron chi connectivity index (χ3n) is 5.19. The molecule has 0 aliphatic rings. The summed E-state index contributed by atoms with van der Waals surface area (Å²) in [6.45, 7) is 4.79. The number of amides is 1. The second-order valence-electron chi connectivity index (χ2n) is 7.81. The van der Waals surface area contributed by atoms with Crippen LogP contribution in [0.2, 0.25) is 0 Å². The zero-order valence-corrected chi connectivity index (χ0v) is 18.6. The molecule has 4 aromatic heterocycles. The van der Waals surface area contributed by atoms with Crippen LogP contribution < -0.4 is 5.32 Å². The molecular formula is C24H22N6OS. The molecule has 5 rings (SSSR count). The van der Waals surface area contributed by atoms with Crippen molar-refractivity contribution in [1.82, 2.24) is 24.5 Å². The maximum Gasteiger partial charge on any atom is 0.256 e. The SMILES string of the molecule is CC(C)n1ncc2c(C(=O)Nc3ccc(Cn4cccn4)cc3)cc(-c3cccs3)nc21. The van der Waals surface area contributed by atoms with Gasteiger partial charge in [-0.2, -0.15) is 10.2 Å². The molecule has 8 heteroatoms. The van der Waals surface area contributed by atoms with Crippen LogP contribution >= 0.6 is 11.3 Å². The molecule has 0 saturated carbocycles. The van der Waals surface area contributed by atoms with Crippen LogP contribution in [0.4, 0.5) is 5.69 Å². The van der Waals surface area contributed by atoms with Gasteiger partial charge in [0.2, 0.25) is 0 Å². The predicted octanol–water partition coefficient (Wildman–Crippen LogP) is 5.24. The van der Waals surface area contributed by atoms with E-state index in [0.29, 0.717) is 17.8 Å². The second kappa shape index (κ2) is 8.39. The smallest absolute Gasteiger partial charge is 0.256 e. The first-order valence-corrected chi connectivity index (χ1v) is 11.3. The third kappa shape index (κ3) is 3.92. The molecule has 1 N–H and O–H groups in total. The Morgan fingerprint density at radius 1 is 1.12 bits per heavy atom. The number of anilines is 1. The summed E-state index contributed by atoms with van der Waals surface area (Å²) in [6.07, 6.45) is 5.41. The van der Waals surface area contributed by atoms with E-state index in [2.05, 4.69) is 29.4 Å². The molecule has 1 aromatic carbocycles. The van der Waals surface area contributed by atoms with Gasteiger partial charge in [0.15, 0.2) is 5.65 Å². The minimum absolute atomic E-state index is 0.136. The molecule has 0 bridgehead atoms. The van der Waals surface area contributed by atoms with E-state index in [1.165, 1.54) is 0 Å². The van der Waals surface area contributed by atoms with Crippen LogP contribution in [0.3, 0.4) is 0 Å². The highest BCUT2D eigenvalue weighted by Gasteiger charge is 2.19. The summed E-state index contributed by atoms with van der Waals surface area (Å²) in [6, 6.07) is 15.7. The van der Waals surface area contributed by atoms with Crippen LogP contribution in [0, 0.1) is 0 Å². The van der Waals surface area contributed by atoms with E-state index >= 15 is 0 Å². The van der Waals surface area contributed by atoms with Crippen molar-refractivity contribution in [2.24, 2.45) is 0 Å². The molecule has 0 fully saturated rings. The number of benzene rings is 1. The minimum atomic E-state index is -0.182. The molecule has 0 unspecified atom stereocenters. The topological polar surface area (TPSA) is 77.6 Å². The summed E-state index contributed by atoms with van der Waals surface area (Å²) in [5.74, 6) is -0.182. The summed E-state index contributed by atoms with van der Waals surface area (Å²) in [5.41, 5.74) is 3.89. The Morgan fingerprint density at radius 3 is 2.66 bits per heavy atom. The van der Waals surface area contributed by atoms with Gasteiger partial charge < -0.3 is 5.32 Å². The maximum atomic E-state index is 13.3. The molecule has 0 saturated heterocycles. The number of rotatable bonds is 6. The van der Waals surface area contributed by atoms with Crippen LogP contribution in [-0.2, 0) is 6.54 Å². The summed E-state index contributed by atoms with van der Waals surface area (Å²) >= 11 is 1.60. The van der Waals surface area contributed by atoms with Gasteiger partial charge in [-0.1, -0.05) is 18.2 Å². The van der Waals surface area contributed by atoms with Gasteiger partial charge in [-0.05, 0) is 55.1 Å². The van der Waals surface area contributed by atoms with Crippen molar-refractivity contribution >= 4 is 34.0 Å². The molecule has 0 radical (unpaired) electrons. The van der Waals surface area contributed by atoms with E-state index in [-0.39, 0.29) is 11.9 Å². The van der Waals surface area contributed by atoms with Crippen molar-refractivity contribution in [1.29, 1.82) is 0 Å². The Balaban J connectivity index is 1.46. The Kier molecular flexibility index (Phi) is 5.28. The van der Waals surface area contributed by atoms with Crippen molar-refractivity contribution in [3.63, 3.8) is 0 Å². The van der Waals surface area contributed by atoms with E-state index < -0.39 is 0 Å². The Hall–Kier alpha value is -3.78. The lowest BCUT2D eigenvalue weighted by Crippen LogP contribution is -2.13. The van der Waals surface area contributed by atoms with E-state index in [9.17, 15) is 4.79 Å². The normalized spacial score (nSPS) is 11.3. The molecule has 0 aliphatic heterocycles. The number of fused-ring (bicyclic) bond motifs is 1. The van der Waals surface area contributed by atoms with Crippen LogP contribution in [0.25, 0.3) is 21.6 Å². The monoisotopic (exact) mass is 442 g/mol. The van der Waals surface area contributed by atoms with Gasteiger partial charge in [0.05, 0.1) is 34.3 Å². The predicted molar refractivity (Wildman–Crippen MR) is 127 cm³/mol. The van der Waals surface area contributed by atoms with Gasteiger partial charge >= 0.3 is 0 Å². The highest BCUT2D eigenvalue weighted by atomic mass is 32.1. The van der Waals surface area contributed by atoms with E-state index in [1.54, 1.807) is 23.7 Å². The molecule has 0 atom stereocenters. The summed E-state index contributed by atoms with van der Waals surface area (Å²) in [4.78, 5) is 19.1. The first-order valence-electron chi connectivity index (χ1n) is 10.4. The summed E-state index contributed by atoms with van der Waals surface area (Å²) in [5, 5.41) is 14.5. The third-order valence-corrected chi connectivity index (χ3v) is 6.08. The molecule has 1 amide bonds. The molecule has 0 spiro atoms. The van der Waals surface area contributed by atoms with Gasteiger partial charge in [0.25, 0.3) is 5.91 Å². The quantitative estimate of drug-likeness (QED) is 0.390. The fourth-order valence-corrected chi connectivity index (χ4v) is 4.29. The standard InChI is InChI=1S/C24H22N6OS/c1-16(2)30-23-20(14-26-30)19(13-21(28-23)22-5-3-12-32-22)24(31)27-18-8-6-17(7-9-18)15-29-11-4-10-25-29/h3-14,16H,15H2,1-2H3,(H,27,31). The number of nitrogens with zero attached hydrogens (tertiary/aromatic N) is 5. The number of aromatic nitrogens is 5. The molecule has 32 heavy (non-hydrogen) atoms. The average molecular weight is 443 g/mol. The number of pyridine rings is 1. The number of hydrogen-bond donors (Lipinski definition) is 1. The van der Waals surface area contributed by atoms with E-state index in [1.807, 2.05) is 69.5 Å². The van der Waals surface area contributed by atoms with Crippen LogP contribution in [0.5, 0.6) is 0 Å². The fraction of sp³-hybridized carbons (Fsp3) is 0.167. The second-order valence-corrected chi connectivity index (χ2v) is 8.75. The van der Waals surface area contributed by atoms with Gasteiger partial charge in [0.1, 0.15) is 0 Å². The van der Waals surface area contributed by atoms with Crippen molar-refractivity contribution in [2.45, 2.75) is 26.4 Å². The Labute approximate surface area is 189 Å². The van der Waals surface area contributed by atoms with Crippen molar-refractivity contribution < 1.29 is 4.79 Å². The van der Waals surface area contributed by atoms with E-state index in [4.69, 9.17) is 4.98 Å². The minimum Gasteiger partial charge on any atom is -0.322 e. The first kappa shape index (κ1) is 20.1. The fourth-order valence-electron chi connectivity index (χ4n) is 3.61. The van der Waals surface area contributed by atoms with Gasteiger partial charge in [-0.3, -0.25) is 9.48 Å². The lowest BCUT2D eigenvalue weighted by Gasteiger charge is -2.11. The number of nitrogens with one attached hydrogen (secondary N) is 1. The molecular weight excluding hydrogens is 420 g/mol. The average Bonchev–Trinajstić information content (AvgIpc) is 3.55. The highest BCUT2D eigenvalue weighted by Crippen LogP contribution is 2.29. The number of hydrogen-bond acceptors (Lipinski definition) is 5. The van der Waals surface area contributed by atoms with Crippen LogP contribution in [0.15, 0.2) is 72.5 Å². The summed E-state index contributed by atoms with van der Waals surface area (Å²) in [7, 11) is 0. The Bertz CT molecular complexity index is 1350. The molecule has 0 aliphatic carbocycles. The molecule has 5 aromatic rings. The van der Waals surface area contributed by atoms with Gasteiger partial charge in [-0.15, -0.1) is 11.3 Å². The number of carbonyl (C=O) groups is 1. The largest absolute Gasteiger partial charge is 0.322 e. The number of carbonyl (C=O) groups excluding carboxylic acids is 1. The van der Waals surface area contributed by atoms with Crippen LogP contribution in [-0.4, -0.2) is 30.5 Å².